The summed E-state index contributed by atoms with van der Waals surface area (Å²) in [5.41, 5.74) is 3.57. The van der Waals surface area contributed by atoms with Gasteiger partial charge in [0.2, 0.25) is 5.28 Å². The van der Waals surface area contributed by atoms with E-state index in [0.29, 0.717) is 81.2 Å². The maximum absolute atomic E-state index is 8.84. The van der Waals surface area contributed by atoms with Crippen LogP contribution in [0.3, 0.4) is 0 Å². The zero-order valence-electron chi connectivity index (χ0n) is 33.3. The van der Waals surface area contributed by atoms with Gasteiger partial charge >= 0.3 is 7.12 Å². The van der Waals surface area contributed by atoms with E-state index in [1.165, 1.54) is 18.5 Å². The number of pyridine rings is 2. The van der Waals surface area contributed by atoms with Gasteiger partial charge in [-0.2, -0.15) is 10.5 Å². The minimum absolute atomic E-state index is 0.184. The van der Waals surface area contributed by atoms with Crippen molar-refractivity contribution in [3.05, 3.63) is 158 Å². The van der Waals surface area contributed by atoms with Crippen molar-refractivity contribution in [1.29, 1.82) is 10.5 Å². The Balaban J connectivity index is 0.000000176. The number of hydrogen-bond acceptors (Lipinski definition) is 14. The van der Waals surface area contributed by atoms with Crippen molar-refractivity contribution in [2.45, 2.75) is 0 Å². The van der Waals surface area contributed by atoms with Crippen molar-refractivity contribution in [2.75, 3.05) is 47.4 Å². The van der Waals surface area contributed by atoms with Crippen molar-refractivity contribution in [2.24, 2.45) is 0 Å². The Bertz CT molecular complexity index is 2940. The second-order valence-electron chi connectivity index (χ2n) is 13.2. The van der Waals surface area contributed by atoms with Crippen molar-refractivity contribution < 1.29 is 10.0 Å². The maximum atomic E-state index is 8.84. The molecule has 0 saturated carbocycles. The smallest absolute Gasteiger partial charge is 0.423 e. The number of fused-ring (bicyclic) bond motifs is 2. The SMILES string of the molecule is N#Cc1ccc(NCCNc2nc(-c3cccc(Cl)c3Cl)nc3ccccc23)nc1.N#Cc1ccc(NCCNc2nc(Cl)nc3ccccc23)nc1.OB(O)c1cccc(Cl)c1Cl. The van der Waals surface area contributed by atoms with Gasteiger partial charge < -0.3 is 31.3 Å². The summed E-state index contributed by atoms with van der Waals surface area (Å²) < 4.78 is 0. The molecule has 4 aromatic carbocycles. The molecule has 8 rings (SSSR count). The molecule has 0 atom stereocenters. The number of nitriles is 2. The van der Waals surface area contributed by atoms with Crippen molar-refractivity contribution in [3.8, 4) is 23.5 Å². The van der Waals surface area contributed by atoms with Crippen LogP contribution in [0.2, 0.25) is 25.4 Å². The zero-order valence-corrected chi connectivity index (χ0v) is 37.1. The Morgan fingerprint density at radius 3 is 1.53 bits per heavy atom. The Kier molecular flexibility index (Phi) is 17.1. The van der Waals surface area contributed by atoms with Crippen molar-refractivity contribution in [1.82, 2.24) is 29.9 Å². The van der Waals surface area contributed by atoms with Gasteiger partial charge in [0, 0.05) is 60.4 Å². The highest BCUT2D eigenvalue weighted by atomic mass is 35.5. The largest absolute Gasteiger partial charge is 0.490 e. The average molecular weight is 951 g/mol. The summed E-state index contributed by atoms with van der Waals surface area (Å²) in [6.07, 6.45) is 3.07. The molecule has 4 heterocycles. The molecule has 0 aliphatic heterocycles. The summed E-state index contributed by atoms with van der Waals surface area (Å²) in [6.45, 7) is 2.50. The lowest BCUT2D eigenvalue weighted by Gasteiger charge is -2.12. The molecule has 0 aliphatic rings. The summed E-state index contributed by atoms with van der Waals surface area (Å²) in [6, 6.07) is 36.6. The van der Waals surface area contributed by atoms with E-state index in [9.17, 15) is 0 Å². The third-order valence-electron chi connectivity index (χ3n) is 8.86. The zero-order chi connectivity index (χ0) is 45.4. The molecule has 64 heavy (non-hydrogen) atoms. The Morgan fingerprint density at radius 2 is 1.02 bits per heavy atom. The van der Waals surface area contributed by atoms with Crippen LogP contribution in [0.4, 0.5) is 23.3 Å². The molecule has 0 unspecified atom stereocenters. The molecular weight excluding hydrogens is 917 g/mol. The summed E-state index contributed by atoms with van der Waals surface area (Å²) in [5.74, 6) is 3.34. The summed E-state index contributed by atoms with van der Waals surface area (Å²) in [7, 11) is -1.57. The predicted octanol–water partition coefficient (Wildman–Crippen LogP) is 9.14. The first kappa shape index (κ1) is 47.0. The van der Waals surface area contributed by atoms with Gasteiger partial charge in [0.1, 0.15) is 35.4 Å². The van der Waals surface area contributed by atoms with Gasteiger partial charge in [0.05, 0.1) is 42.3 Å². The third kappa shape index (κ3) is 12.8. The van der Waals surface area contributed by atoms with Gasteiger partial charge in [-0.05, 0) is 78.3 Å². The first-order valence-corrected chi connectivity index (χ1v) is 21.0. The van der Waals surface area contributed by atoms with Crippen molar-refractivity contribution in [3.63, 3.8) is 0 Å². The number of para-hydroxylation sites is 2. The van der Waals surface area contributed by atoms with Gasteiger partial charge in [-0.1, -0.05) is 88.9 Å². The summed E-state index contributed by atoms with van der Waals surface area (Å²) in [5, 5.41) is 51.5. The average Bonchev–Trinajstić information content (AvgIpc) is 3.31. The molecule has 4 aromatic heterocycles. The van der Waals surface area contributed by atoms with Gasteiger partial charge in [0.25, 0.3) is 0 Å². The van der Waals surface area contributed by atoms with Crippen LogP contribution < -0.4 is 26.7 Å². The topological polar surface area (TPSA) is 213 Å². The number of rotatable bonds is 12. The maximum Gasteiger partial charge on any atom is 0.490 e. The number of nitrogens with zero attached hydrogens (tertiary/aromatic N) is 8. The van der Waals surface area contributed by atoms with Gasteiger partial charge in [-0.15, -0.1) is 0 Å². The monoisotopic (exact) mass is 948 g/mol. The molecule has 320 valence electrons. The number of aromatic nitrogens is 6. The first-order chi connectivity index (χ1) is 31.0. The lowest BCUT2D eigenvalue weighted by Crippen LogP contribution is -2.30. The molecule has 0 saturated heterocycles. The molecule has 0 aliphatic carbocycles. The van der Waals surface area contributed by atoms with Crippen LogP contribution in [-0.2, 0) is 0 Å². The van der Waals surface area contributed by atoms with Gasteiger partial charge in [-0.25, -0.2) is 29.9 Å². The van der Waals surface area contributed by atoms with Crippen molar-refractivity contribution >= 4 is 116 Å². The van der Waals surface area contributed by atoms with E-state index < -0.39 is 7.12 Å². The molecule has 0 bridgehead atoms. The molecule has 8 aromatic rings. The van der Waals surface area contributed by atoms with E-state index in [1.54, 1.807) is 42.5 Å². The van der Waals surface area contributed by atoms with Crippen LogP contribution >= 0.6 is 58.0 Å². The molecule has 6 N–H and O–H groups in total. The fraction of sp³-hybridized carbons (Fsp3) is 0.0909. The number of hydrogen-bond donors (Lipinski definition) is 6. The quantitative estimate of drug-likeness (QED) is 0.0383. The van der Waals surface area contributed by atoms with E-state index in [2.05, 4.69) is 52.3 Å². The number of nitrogens with one attached hydrogen (secondary N) is 4. The standard InChI is InChI=1S/C22H16Cl2N6.C16H13ClN6.C6H5BCl2O2/c23-17-6-3-5-16(20(17)24)22-29-18-7-2-1-4-15(18)21(30-22)27-11-10-26-19-9-8-14(12-25)13-28-19;17-16-22-13-4-2-1-3-12(13)15(23-16)20-8-7-19-14-6-5-11(9-18)10-21-14;8-5-3-1-2-4(6(5)9)7(10)11/h1-9,13H,10-11H2,(H,26,28)(H,27,29,30);1-6,10H,7-8H2,(H,19,21)(H,20,22,23);1-3,10-11H. The van der Waals surface area contributed by atoms with Crippen LogP contribution in [0.25, 0.3) is 33.2 Å². The van der Waals surface area contributed by atoms with Crippen LogP contribution in [0.5, 0.6) is 0 Å². The Morgan fingerprint density at radius 1 is 0.516 bits per heavy atom. The van der Waals surface area contributed by atoms with E-state index in [0.717, 1.165) is 27.6 Å². The first-order valence-electron chi connectivity index (χ1n) is 19.2. The summed E-state index contributed by atoms with van der Waals surface area (Å²) in [4.78, 5) is 26.1. The molecule has 0 spiro atoms. The van der Waals surface area contributed by atoms with Crippen LogP contribution in [0.1, 0.15) is 11.1 Å². The van der Waals surface area contributed by atoms with Gasteiger partial charge in [-0.3, -0.25) is 0 Å². The molecule has 20 heteroatoms. The van der Waals surface area contributed by atoms with Crippen LogP contribution in [0, 0.1) is 22.7 Å². The molecule has 0 radical (unpaired) electrons. The fourth-order valence-electron chi connectivity index (χ4n) is 5.78. The normalized spacial score (nSPS) is 10.3. The second-order valence-corrected chi connectivity index (χ2v) is 15.1. The third-order valence-corrected chi connectivity index (χ3v) is 10.7. The van der Waals surface area contributed by atoms with E-state index in [4.69, 9.17) is 83.6 Å². The van der Waals surface area contributed by atoms with E-state index in [1.807, 2.05) is 66.7 Å². The summed E-state index contributed by atoms with van der Waals surface area (Å²) >= 11 is 29.7. The highest BCUT2D eigenvalue weighted by Gasteiger charge is 2.16. The van der Waals surface area contributed by atoms with Gasteiger partial charge in [0.15, 0.2) is 5.82 Å². The highest BCUT2D eigenvalue weighted by molar-refractivity contribution is 6.64. The number of anilines is 4. The van der Waals surface area contributed by atoms with E-state index >= 15 is 0 Å². The Hall–Kier alpha value is -6.53. The highest BCUT2D eigenvalue weighted by Crippen LogP contribution is 2.33. The second kappa shape index (κ2) is 23.2. The number of halogens is 5. The van der Waals surface area contributed by atoms with Crippen LogP contribution in [-0.4, -0.2) is 73.2 Å². The minimum atomic E-state index is -1.57. The minimum Gasteiger partial charge on any atom is -0.423 e. The lowest BCUT2D eigenvalue weighted by atomic mass is 9.80. The lowest BCUT2D eigenvalue weighted by molar-refractivity contribution is 0.426. The fourth-order valence-corrected chi connectivity index (χ4v) is 6.75. The molecule has 0 fully saturated rings. The van der Waals surface area contributed by atoms with E-state index in [-0.39, 0.29) is 15.8 Å². The number of benzene rings is 4. The predicted molar refractivity (Wildman–Crippen MR) is 258 cm³/mol. The van der Waals surface area contributed by atoms with Crippen LogP contribution in [0.15, 0.2) is 122 Å². The molecular formula is C44H34BCl5N12O2. The molecule has 0 amide bonds. The molecule has 14 nitrogen and oxygen atoms in total. The Labute approximate surface area is 393 Å².